The van der Waals surface area contributed by atoms with E-state index in [0.717, 1.165) is 22.2 Å². The van der Waals surface area contributed by atoms with E-state index < -0.39 is 11.1 Å². The number of thioether (sulfide) groups is 1. The van der Waals surface area contributed by atoms with Gasteiger partial charge >= 0.3 is 0 Å². The molecule has 0 aromatic heterocycles. The van der Waals surface area contributed by atoms with E-state index in [9.17, 15) is 18.8 Å². The summed E-state index contributed by atoms with van der Waals surface area (Å²) < 4.78 is 13.3. The minimum absolute atomic E-state index is 0.00225. The Hall–Kier alpha value is -2.67. The zero-order valence-electron chi connectivity index (χ0n) is 14.1. The van der Waals surface area contributed by atoms with Crippen LogP contribution in [0.1, 0.15) is 12.0 Å². The molecule has 1 atom stereocenters. The van der Waals surface area contributed by atoms with Crippen LogP contribution < -0.4 is 10.2 Å². The summed E-state index contributed by atoms with van der Waals surface area (Å²) in [6.45, 7) is 1.76. The topological polar surface area (TPSA) is 66.5 Å². The van der Waals surface area contributed by atoms with Crippen molar-refractivity contribution in [2.45, 2.75) is 18.6 Å². The molecule has 1 aliphatic rings. The van der Waals surface area contributed by atoms with Gasteiger partial charge in [-0.2, -0.15) is 0 Å². The lowest BCUT2D eigenvalue weighted by Crippen LogP contribution is -2.31. The van der Waals surface area contributed by atoms with Crippen molar-refractivity contribution >= 4 is 40.9 Å². The van der Waals surface area contributed by atoms with E-state index in [1.165, 1.54) is 12.1 Å². The highest BCUT2D eigenvalue weighted by atomic mass is 32.2. The molecule has 1 heterocycles. The Morgan fingerprint density at radius 3 is 2.69 bits per heavy atom. The number of hydrogen-bond donors (Lipinski definition) is 1. The second-order valence-corrected chi connectivity index (χ2v) is 7.11. The van der Waals surface area contributed by atoms with E-state index in [4.69, 9.17) is 0 Å². The Balaban J connectivity index is 1.60. The molecule has 0 saturated carbocycles. The van der Waals surface area contributed by atoms with Gasteiger partial charge in [-0.1, -0.05) is 24.3 Å². The molecule has 0 bridgehead atoms. The molecule has 1 N–H and O–H groups in total. The van der Waals surface area contributed by atoms with Crippen LogP contribution in [0.4, 0.5) is 15.8 Å². The van der Waals surface area contributed by atoms with E-state index >= 15 is 0 Å². The maximum absolute atomic E-state index is 13.3. The molecule has 1 saturated heterocycles. The molecule has 2 aromatic carbocycles. The predicted molar refractivity (Wildman–Crippen MR) is 99.6 cm³/mol. The van der Waals surface area contributed by atoms with Crippen LogP contribution in [0.3, 0.4) is 0 Å². The van der Waals surface area contributed by atoms with Crippen molar-refractivity contribution in [2.24, 2.45) is 0 Å². The SMILES string of the molecule is Cc1ccc(F)cc1NC(=O)CS[C@H]1CC(=O)N(c2ccccc2)C1=O. The maximum atomic E-state index is 13.3. The molecule has 134 valence electrons. The summed E-state index contributed by atoms with van der Waals surface area (Å²) in [5.41, 5.74) is 1.67. The molecule has 0 spiro atoms. The lowest BCUT2D eigenvalue weighted by Gasteiger charge is -2.14. The first kappa shape index (κ1) is 18.1. The highest BCUT2D eigenvalue weighted by molar-refractivity contribution is 8.01. The number of imide groups is 1. The number of para-hydroxylation sites is 1. The highest BCUT2D eigenvalue weighted by Gasteiger charge is 2.39. The average molecular weight is 372 g/mol. The van der Waals surface area contributed by atoms with Gasteiger partial charge in [0, 0.05) is 12.1 Å². The molecule has 26 heavy (non-hydrogen) atoms. The molecule has 2 aromatic rings. The third-order valence-electron chi connectivity index (χ3n) is 4.01. The Labute approximate surface area is 154 Å². The fraction of sp³-hybridized carbons (Fsp3) is 0.211. The summed E-state index contributed by atoms with van der Waals surface area (Å²) >= 11 is 1.11. The quantitative estimate of drug-likeness (QED) is 0.819. The molecule has 1 fully saturated rings. The zero-order chi connectivity index (χ0) is 18.7. The van der Waals surface area contributed by atoms with Gasteiger partial charge in [0.1, 0.15) is 5.82 Å². The lowest BCUT2D eigenvalue weighted by molar-refractivity contribution is -0.121. The third-order valence-corrected chi connectivity index (χ3v) is 5.21. The number of anilines is 2. The number of hydrogen-bond acceptors (Lipinski definition) is 4. The second kappa shape index (κ2) is 7.70. The van der Waals surface area contributed by atoms with Gasteiger partial charge in [-0.05, 0) is 36.8 Å². The van der Waals surface area contributed by atoms with Crippen LogP contribution >= 0.6 is 11.8 Å². The van der Waals surface area contributed by atoms with Crippen molar-refractivity contribution in [1.29, 1.82) is 0 Å². The van der Waals surface area contributed by atoms with Crippen molar-refractivity contribution in [1.82, 2.24) is 0 Å². The van der Waals surface area contributed by atoms with E-state index in [1.807, 2.05) is 0 Å². The number of benzene rings is 2. The molecule has 0 unspecified atom stereocenters. The Bertz CT molecular complexity index is 857. The van der Waals surface area contributed by atoms with Crippen LogP contribution in [0, 0.1) is 12.7 Å². The van der Waals surface area contributed by atoms with E-state index in [0.29, 0.717) is 11.4 Å². The van der Waals surface area contributed by atoms with Crippen LogP contribution in [-0.4, -0.2) is 28.7 Å². The number of carbonyl (C=O) groups excluding carboxylic acids is 3. The van der Waals surface area contributed by atoms with Gasteiger partial charge in [-0.25, -0.2) is 9.29 Å². The number of carbonyl (C=O) groups is 3. The zero-order valence-corrected chi connectivity index (χ0v) is 14.9. The maximum Gasteiger partial charge on any atom is 0.247 e. The number of nitrogens with zero attached hydrogens (tertiary/aromatic N) is 1. The van der Waals surface area contributed by atoms with Crippen molar-refractivity contribution in [3.8, 4) is 0 Å². The normalized spacial score (nSPS) is 16.8. The van der Waals surface area contributed by atoms with Crippen LogP contribution in [0.25, 0.3) is 0 Å². The standard InChI is InChI=1S/C19H17FN2O3S/c1-12-7-8-13(20)9-15(12)21-17(23)11-26-16-10-18(24)22(19(16)25)14-5-3-2-4-6-14/h2-9,16H,10-11H2,1H3,(H,21,23)/t16-/m0/s1. The second-order valence-electron chi connectivity index (χ2n) is 5.91. The van der Waals surface area contributed by atoms with Crippen LogP contribution in [-0.2, 0) is 14.4 Å². The molecule has 3 rings (SSSR count). The van der Waals surface area contributed by atoms with E-state index in [2.05, 4.69) is 5.32 Å². The van der Waals surface area contributed by atoms with Crippen molar-refractivity contribution in [3.63, 3.8) is 0 Å². The first-order chi connectivity index (χ1) is 12.5. The van der Waals surface area contributed by atoms with Crippen LogP contribution in [0.2, 0.25) is 0 Å². The molecular weight excluding hydrogens is 355 g/mol. The number of rotatable bonds is 5. The summed E-state index contributed by atoms with van der Waals surface area (Å²) in [5, 5.41) is 2.04. The summed E-state index contributed by atoms with van der Waals surface area (Å²) in [6, 6.07) is 12.9. The van der Waals surface area contributed by atoms with Crippen LogP contribution in [0.5, 0.6) is 0 Å². The van der Waals surface area contributed by atoms with Gasteiger partial charge in [0.05, 0.1) is 16.7 Å². The van der Waals surface area contributed by atoms with Crippen LogP contribution in [0.15, 0.2) is 48.5 Å². The number of aryl methyl sites for hydroxylation is 1. The first-order valence-electron chi connectivity index (χ1n) is 8.05. The Kier molecular flexibility index (Phi) is 5.37. The summed E-state index contributed by atoms with van der Waals surface area (Å²) in [6.07, 6.45) is 0.0602. The molecular formula is C19H17FN2O3S. The fourth-order valence-electron chi connectivity index (χ4n) is 2.67. The number of amides is 3. The first-order valence-corrected chi connectivity index (χ1v) is 9.10. The molecule has 7 heteroatoms. The van der Waals surface area contributed by atoms with Crippen molar-refractivity contribution in [2.75, 3.05) is 16.0 Å². The van der Waals surface area contributed by atoms with E-state index in [-0.39, 0.29) is 29.9 Å². The van der Waals surface area contributed by atoms with Gasteiger partial charge < -0.3 is 5.32 Å². The average Bonchev–Trinajstić information content (AvgIpc) is 2.91. The molecule has 0 aliphatic carbocycles. The third kappa shape index (κ3) is 3.94. The Morgan fingerprint density at radius 2 is 1.96 bits per heavy atom. The van der Waals surface area contributed by atoms with Gasteiger partial charge in [-0.15, -0.1) is 11.8 Å². The molecule has 0 radical (unpaired) electrons. The highest BCUT2D eigenvalue weighted by Crippen LogP contribution is 2.29. The monoisotopic (exact) mass is 372 g/mol. The largest absolute Gasteiger partial charge is 0.325 e. The molecule has 3 amide bonds. The minimum atomic E-state index is -0.595. The van der Waals surface area contributed by atoms with Gasteiger partial charge in [0.2, 0.25) is 17.7 Å². The molecule has 1 aliphatic heterocycles. The smallest absolute Gasteiger partial charge is 0.247 e. The summed E-state index contributed by atoms with van der Waals surface area (Å²) in [7, 11) is 0. The fourth-order valence-corrected chi connectivity index (χ4v) is 3.61. The number of halogens is 1. The van der Waals surface area contributed by atoms with Gasteiger partial charge in [0.15, 0.2) is 0 Å². The van der Waals surface area contributed by atoms with Crippen molar-refractivity contribution in [3.05, 3.63) is 59.9 Å². The summed E-state index contributed by atoms with van der Waals surface area (Å²) in [5.74, 6) is -1.38. The predicted octanol–water partition coefficient (Wildman–Crippen LogP) is 3.14. The van der Waals surface area contributed by atoms with E-state index in [1.54, 1.807) is 43.3 Å². The molecule has 5 nitrogen and oxygen atoms in total. The Morgan fingerprint density at radius 1 is 1.23 bits per heavy atom. The minimum Gasteiger partial charge on any atom is -0.325 e. The lowest BCUT2D eigenvalue weighted by atomic mass is 10.2. The summed E-state index contributed by atoms with van der Waals surface area (Å²) in [4.78, 5) is 37.9. The van der Waals surface area contributed by atoms with Crippen molar-refractivity contribution < 1.29 is 18.8 Å². The van der Waals surface area contributed by atoms with Gasteiger partial charge in [0.25, 0.3) is 0 Å². The van der Waals surface area contributed by atoms with Gasteiger partial charge in [-0.3, -0.25) is 14.4 Å². The number of nitrogens with one attached hydrogen (secondary N) is 1.